The second-order valence-electron chi connectivity index (χ2n) is 7.21. The second-order valence-corrected chi connectivity index (χ2v) is 7.21. The van der Waals surface area contributed by atoms with Crippen molar-refractivity contribution in [1.82, 2.24) is 19.7 Å². The van der Waals surface area contributed by atoms with Crippen LogP contribution in [0, 0.1) is 0 Å². The monoisotopic (exact) mass is 375 g/mol. The van der Waals surface area contributed by atoms with Gasteiger partial charge < -0.3 is 19.5 Å². The van der Waals surface area contributed by atoms with Crippen molar-refractivity contribution < 1.29 is 4.74 Å². The Bertz CT molecular complexity index is 654. The molecule has 0 saturated carbocycles. The first-order valence-electron chi connectivity index (χ1n) is 10.3. The number of rotatable bonds is 7. The molecule has 0 radical (unpaired) electrons. The lowest BCUT2D eigenvalue weighted by Gasteiger charge is -2.32. The number of aliphatic imine (C=N–C) groups is 1. The molecule has 3 heterocycles. The predicted molar refractivity (Wildman–Crippen MR) is 108 cm³/mol. The van der Waals surface area contributed by atoms with Crippen LogP contribution in [0.5, 0.6) is 0 Å². The first kappa shape index (κ1) is 19.9. The zero-order chi connectivity index (χ0) is 18.9. The number of nitrogens with zero attached hydrogens (tertiary/aromatic N) is 4. The van der Waals surface area contributed by atoms with Gasteiger partial charge in [-0.3, -0.25) is 14.7 Å². The zero-order valence-corrected chi connectivity index (χ0v) is 16.5. The van der Waals surface area contributed by atoms with Gasteiger partial charge in [-0.25, -0.2) is 0 Å². The van der Waals surface area contributed by atoms with Crippen LogP contribution >= 0.6 is 0 Å². The molecule has 0 aliphatic carbocycles. The van der Waals surface area contributed by atoms with E-state index in [0.29, 0.717) is 6.04 Å². The molecule has 0 spiro atoms. The minimum atomic E-state index is 0.0700. The molecule has 2 fully saturated rings. The van der Waals surface area contributed by atoms with E-state index in [-0.39, 0.29) is 5.56 Å². The summed E-state index contributed by atoms with van der Waals surface area (Å²) in [7, 11) is 0. The number of pyridine rings is 1. The van der Waals surface area contributed by atoms with Gasteiger partial charge in [0, 0.05) is 64.1 Å². The zero-order valence-electron chi connectivity index (χ0n) is 16.5. The van der Waals surface area contributed by atoms with E-state index in [9.17, 15) is 4.79 Å². The lowest BCUT2D eigenvalue weighted by molar-refractivity contribution is 0.0195. The van der Waals surface area contributed by atoms with E-state index in [4.69, 9.17) is 9.73 Å². The van der Waals surface area contributed by atoms with Crippen LogP contribution in [-0.2, 0) is 11.3 Å². The number of hydrogen-bond donors (Lipinski definition) is 1. The highest BCUT2D eigenvalue weighted by Gasteiger charge is 2.30. The molecule has 2 aliphatic heterocycles. The van der Waals surface area contributed by atoms with Gasteiger partial charge in [0.2, 0.25) is 5.56 Å². The Balaban J connectivity index is 1.45. The van der Waals surface area contributed by atoms with Gasteiger partial charge >= 0.3 is 0 Å². The molecule has 2 saturated heterocycles. The summed E-state index contributed by atoms with van der Waals surface area (Å²) in [5.41, 5.74) is 0.0700. The first-order valence-corrected chi connectivity index (χ1v) is 10.3. The van der Waals surface area contributed by atoms with Gasteiger partial charge in [0.25, 0.3) is 0 Å². The Kier molecular flexibility index (Phi) is 7.71. The van der Waals surface area contributed by atoms with Crippen molar-refractivity contribution >= 4 is 5.96 Å². The van der Waals surface area contributed by atoms with Crippen molar-refractivity contribution in [3.8, 4) is 0 Å². The number of guanidine groups is 1. The number of morpholine rings is 1. The standard InChI is InChI=1S/C20H33N5O2/c1-2-21-20(22-9-4-6-11-24-10-5-3-7-19(24)26)25-12-8-18(17-25)23-13-15-27-16-14-23/h3,5,7,10,18H,2,4,6,8-9,11-17H2,1H3,(H,21,22). The van der Waals surface area contributed by atoms with Gasteiger partial charge in [0.05, 0.1) is 13.2 Å². The number of unbranched alkanes of at least 4 members (excludes halogenated alkanes) is 1. The third kappa shape index (κ3) is 5.81. The fourth-order valence-corrected chi connectivity index (χ4v) is 3.82. The summed E-state index contributed by atoms with van der Waals surface area (Å²) in [5, 5.41) is 3.44. The molecule has 2 aliphatic rings. The normalized spacial score (nSPS) is 21.6. The maximum atomic E-state index is 11.7. The van der Waals surface area contributed by atoms with Crippen molar-refractivity contribution in [2.75, 3.05) is 52.5 Å². The predicted octanol–water partition coefficient (Wildman–Crippen LogP) is 1.00. The molecule has 3 rings (SSSR count). The Hall–Kier alpha value is -1.86. The topological polar surface area (TPSA) is 62.1 Å². The van der Waals surface area contributed by atoms with E-state index in [2.05, 4.69) is 22.0 Å². The molecule has 1 N–H and O–H groups in total. The number of aryl methyl sites for hydroxylation is 1. The lowest BCUT2D eigenvalue weighted by atomic mass is 10.2. The summed E-state index contributed by atoms with van der Waals surface area (Å²) < 4.78 is 7.24. The SMILES string of the molecule is CCNC(=NCCCCn1ccccc1=O)N1CCC(N2CCOCC2)C1. The van der Waals surface area contributed by atoms with E-state index in [1.165, 1.54) is 6.42 Å². The van der Waals surface area contributed by atoms with Crippen LogP contribution in [0.15, 0.2) is 34.2 Å². The van der Waals surface area contributed by atoms with E-state index in [1.807, 2.05) is 12.3 Å². The average Bonchev–Trinajstić information content (AvgIpc) is 3.19. The Morgan fingerprint density at radius 1 is 1.26 bits per heavy atom. The van der Waals surface area contributed by atoms with Gasteiger partial charge in [-0.2, -0.15) is 0 Å². The summed E-state index contributed by atoms with van der Waals surface area (Å²) >= 11 is 0. The molecule has 1 unspecified atom stereocenters. The van der Waals surface area contributed by atoms with Gasteiger partial charge in [-0.1, -0.05) is 6.07 Å². The molecule has 0 aromatic carbocycles. The van der Waals surface area contributed by atoms with E-state index < -0.39 is 0 Å². The van der Waals surface area contributed by atoms with Gasteiger partial charge in [0.1, 0.15) is 0 Å². The van der Waals surface area contributed by atoms with Gasteiger partial charge in [-0.15, -0.1) is 0 Å². The van der Waals surface area contributed by atoms with Crippen LogP contribution in [0.1, 0.15) is 26.2 Å². The molecule has 0 amide bonds. The summed E-state index contributed by atoms with van der Waals surface area (Å²) in [6.45, 7) is 10.5. The molecule has 7 nitrogen and oxygen atoms in total. The van der Waals surface area contributed by atoms with Crippen molar-refractivity contribution in [2.45, 2.75) is 38.8 Å². The highest BCUT2D eigenvalue weighted by Crippen LogP contribution is 2.17. The molecule has 27 heavy (non-hydrogen) atoms. The first-order chi connectivity index (χ1) is 13.3. The van der Waals surface area contributed by atoms with Crippen LogP contribution < -0.4 is 10.9 Å². The van der Waals surface area contributed by atoms with Crippen molar-refractivity contribution in [1.29, 1.82) is 0 Å². The van der Waals surface area contributed by atoms with E-state index in [0.717, 1.165) is 77.8 Å². The highest BCUT2D eigenvalue weighted by atomic mass is 16.5. The molecule has 150 valence electrons. The maximum Gasteiger partial charge on any atom is 0.250 e. The van der Waals surface area contributed by atoms with E-state index in [1.54, 1.807) is 16.7 Å². The third-order valence-electron chi connectivity index (χ3n) is 5.33. The summed E-state index contributed by atoms with van der Waals surface area (Å²) in [6.07, 6.45) is 4.99. The number of aromatic nitrogens is 1. The van der Waals surface area contributed by atoms with Crippen molar-refractivity contribution in [3.63, 3.8) is 0 Å². The fraction of sp³-hybridized carbons (Fsp3) is 0.700. The van der Waals surface area contributed by atoms with Crippen molar-refractivity contribution in [3.05, 3.63) is 34.7 Å². The number of nitrogens with one attached hydrogen (secondary N) is 1. The molecular formula is C20H33N5O2. The molecule has 0 bridgehead atoms. The molecule has 1 atom stereocenters. The number of likely N-dealkylation sites (tertiary alicyclic amines) is 1. The Labute approximate surface area is 162 Å². The van der Waals surface area contributed by atoms with Crippen LogP contribution in [0.4, 0.5) is 0 Å². The van der Waals surface area contributed by atoms with Gasteiger partial charge in [-0.05, 0) is 32.3 Å². The smallest absolute Gasteiger partial charge is 0.250 e. The van der Waals surface area contributed by atoms with E-state index >= 15 is 0 Å². The fourth-order valence-electron chi connectivity index (χ4n) is 3.82. The average molecular weight is 376 g/mol. The van der Waals surface area contributed by atoms with Gasteiger partial charge in [0.15, 0.2) is 5.96 Å². The van der Waals surface area contributed by atoms with Crippen LogP contribution in [0.3, 0.4) is 0 Å². The summed E-state index contributed by atoms with van der Waals surface area (Å²) in [5.74, 6) is 1.03. The number of ether oxygens (including phenoxy) is 1. The molecule has 1 aromatic heterocycles. The summed E-state index contributed by atoms with van der Waals surface area (Å²) in [4.78, 5) is 21.5. The quantitative estimate of drug-likeness (QED) is 0.438. The maximum absolute atomic E-state index is 11.7. The lowest BCUT2D eigenvalue weighted by Crippen LogP contribution is -2.46. The van der Waals surface area contributed by atoms with Crippen LogP contribution in [0.2, 0.25) is 0 Å². The molecule has 7 heteroatoms. The number of hydrogen-bond acceptors (Lipinski definition) is 4. The minimum Gasteiger partial charge on any atom is -0.379 e. The third-order valence-corrected chi connectivity index (χ3v) is 5.33. The largest absolute Gasteiger partial charge is 0.379 e. The minimum absolute atomic E-state index is 0.0700. The molecular weight excluding hydrogens is 342 g/mol. The Morgan fingerprint density at radius 3 is 2.89 bits per heavy atom. The van der Waals surface area contributed by atoms with Crippen molar-refractivity contribution in [2.24, 2.45) is 4.99 Å². The Morgan fingerprint density at radius 2 is 2.11 bits per heavy atom. The second kappa shape index (κ2) is 10.5. The van der Waals surface area contributed by atoms with Crippen LogP contribution in [0.25, 0.3) is 0 Å². The highest BCUT2D eigenvalue weighted by molar-refractivity contribution is 5.80. The van der Waals surface area contributed by atoms with Crippen LogP contribution in [-0.4, -0.2) is 78.9 Å². The molecule has 1 aromatic rings. The summed E-state index contributed by atoms with van der Waals surface area (Å²) in [6, 6.07) is 5.91.